The molecule has 0 spiro atoms. The number of carbonyl (C=O) groups excluding carboxylic acids is 2. The van der Waals surface area contributed by atoms with Gasteiger partial charge in [-0.2, -0.15) is 0 Å². The zero-order valence-corrected chi connectivity index (χ0v) is 12.3. The van der Waals surface area contributed by atoms with Crippen LogP contribution in [0.3, 0.4) is 0 Å². The van der Waals surface area contributed by atoms with E-state index in [-0.39, 0.29) is 0 Å². The molecule has 0 radical (unpaired) electrons. The van der Waals surface area contributed by atoms with Crippen LogP contribution >= 0.6 is 11.3 Å². The van der Waals surface area contributed by atoms with Crippen molar-refractivity contribution in [2.45, 2.75) is 13.0 Å². The average Bonchev–Trinajstić information content (AvgIpc) is 2.95. The van der Waals surface area contributed by atoms with Crippen molar-refractivity contribution in [2.24, 2.45) is 5.73 Å². The number of nitrogens with two attached hydrogens (primary N) is 1. The largest absolute Gasteiger partial charge is 0.449 e. The molecule has 1 amide bonds. The van der Waals surface area contributed by atoms with Crippen LogP contribution in [0, 0.1) is 0 Å². The number of amides is 1. The molecule has 0 aliphatic rings. The molecule has 0 fully saturated rings. The van der Waals surface area contributed by atoms with Gasteiger partial charge in [-0.05, 0) is 30.7 Å². The number of hydrogen-bond donors (Lipinski definition) is 1. The molecule has 4 nitrogen and oxygen atoms in total. The fraction of sp³-hybridized carbons (Fsp3) is 0.125. The van der Waals surface area contributed by atoms with Gasteiger partial charge in [0.25, 0.3) is 5.91 Å². The first kappa shape index (κ1) is 15.0. The van der Waals surface area contributed by atoms with Gasteiger partial charge in [0.1, 0.15) is 0 Å². The van der Waals surface area contributed by atoms with Gasteiger partial charge in [0.2, 0.25) is 0 Å². The Kier molecular flexibility index (Phi) is 4.90. The summed E-state index contributed by atoms with van der Waals surface area (Å²) in [6.07, 6.45) is 2.03. The van der Waals surface area contributed by atoms with E-state index < -0.39 is 18.0 Å². The average molecular weight is 301 g/mol. The number of hydrogen-bond acceptors (Lipinski definition) is 4. The second-order valence-electron chi connectivity index (χ2n) is 4.38. The minimum Gasteiger partial charge on any atom is -0.449 e. The third-order valence-corrected chi connectivity index (χ3v) is 3.86. The van der Waals surface area contributed by atoms with Crippen LogP contribution in [0.4, 0.5) is 0 Å². The molecule has 2 aromatic rings. The molecule has 0 aliphatic heterocycles. The SMILES string of the molecule is C[C@H](OC(=O)/C=C\c1ccc(-c2ccccc2)s1)C(N)=O. The van der Waals surface area contributed by atoms with Crippen LogP contribution in [0.25, 0.3) is 16.5 Å². The molecule has 0 aliphatic carbocycles. The maximum absolute atomic E-state index is 11.5. The van der Waals surface area contributed by atoms with Gasteiger partial charge in [-0.15, -0.1) is 11.3 Å². The highest BCUT2D eigenvalue weighted by atomic mass is 32.1. The first-order valence-corrected chi connectivity index (χ1v) is 7.21. The van der Waals surface area contributed by atoms with Crippen molar-refractivity contribution in [3.05, 3.63) is 53.4 Å². The quantitative estimate of drug-likeness (QED) is 0.682. The Morgan fingerprint density at radius 2 is 1.90 bits per heavy atom. The summed E-state index contributed by atoms with van der Waals surface area (Å²) in [5.41, 5.74) is 6.15. The van der Waals surface area contributed by atoms with Gasteiger partial charge in [0.15, 0.2) is 6.10 Å². The van der Waals surface area contributed by atoms with Gasteiger partial charge in [-0.3, -0.25) is 4.79 Å². The van der Waals surface area contributed by atoms with E-state index in [1.807, 2.05) is 42.5 Å². The topological polar surface area (TPSA) is 69.4 Å². The highest BCUT2D eigenvalue weighted by molar-refractivity contribution is 7.16. The second-order valence-corrected chi connectivity index (χ2v) is 5.50. The Labute approximate surface area is 126 Å². The molecule has 108 valence electrons. The van der Waals surface area contributed by atoms with Gasteiger partial charge in [-0.25, -0.2) is 4.79 Å². The molecule has 1 heterocycles. The van der Waals surface area contributed by atoms with Crippen LogP contribution in [-0.2, 0) is 14.3 Å². The fourth-order valence-electron chi connectivity index (χ4n) is 1.62. The van der Waals surface area contributed by atoms with E-state index in [0.29, 0.717) is 0 Å². The van der Waals surface area contributed by atoms with Crippen LogP contribution in [0.5, 0.6) is 0 Å². The number of ether oxygens (including phenoxy) is 1. The van der Waals surface area contributed by atoms with Crippen molar-refractivity contribution < 1.29 is 14.3 Å². The summed E-state index contributed by atoms with van der Waals surface area (Å²) in [6.45, 7) is 1.44. The van der Waals surface area contributed by atoms with Crippen LogP contribution in [0.1, 0.15) is 11.8 Å². The van der Waals surface area contributed by atoms with E-state index in [9.17, 15) is 9.59 Å². The molecule has 5 heteroatoms. The van der Waals surface area contributed by atoms with Gasteiger partial charge in [0, 0.05) is 15.8 Å². The molecule has 0 saturated heterocycles. The zero-order chi connectivity index (χ0) is 15.2. The highest BCUT2D eigenvalue weighted by Gasteiger charge is 2.12. The summed E-state index contributed by atoms with van der Waals surface area (Å²) < 4.78 is 4.83. The number of thiophene rings is 1. The zero-order valence-electron chi connectivity index (χ0n) is 11.5. The summed E-state index contributed by atoms with van der Waals surface area (Å²) in [7, 11) is 0. The van der Waals surface area contributed by atoms with Crippen molar-refractivity contribution in [1.82, 2.24) is 0 Å². The highest BCUT2D eigenvalue weighted by Crippen LogP contribution is 2.28. The van der Waals surface area contributed by atoms with Crippen molar-refractivity contribution in [3.8, 4) is 10.4 Å². The van der Waals surface area contributed by atoms with Gasteiger partial charge >= 0.3 is 5.97 Å². The fourth-order valence-corrected chi connectivity index (χ4v) is 2.54. The number of carbonyl (C=O) groups is 2. The summed E-state index contributed by atoms with van der Waals surface area (Å²) in [6, 6.07) is 13.9. The third-order valence-electron chi connectivity index (χ3n) is 2.76. The molecule has 0 unspecified atom stereocenters. The van der Waals surface area contributed by atoms with Crippen LogP contribution in [-0.4, -0.2) is 18.0 Å². The smallest absolute Gasteiger partial charge is 0.331 e. The van der Waals surface area contributed by atoms with Crippen molar-refractivity contribution >= 4 is 29.3 Å². The Morgan fingerprint density at radius 3 is 2.57 bits per heavy atom. The molecule has 1 aromatic carbocycles. The van der Waals surface area contributed by atoms with Crippen molar-refractivity contribution in [3.63, 3.8) is 0 Å². The summed E-state index contributed by atoms with van der Waals surface area (Å²) in [5, 5.41) is 0. The molecular weight excluding hydrogens is 286 g/mol. The monoisotopic (exact) mass is 301 g/mol. The molecule has 2 N–H and O–H groups in total. The normalized spacial score (nSPS) is 12.2. The Morgan fingerprint density at radius 1 is 1.19 bits per heavy atom. The number of rotatable bonds is 5. The lowest BCUT2D eigenvalue weighted by atomic mass is 10.2. The number of esters is 1. The van der Waals surface area contributed by atoms with E-state index in [0.717, 1.165) is 15.3 Å². The second kappa shape index (κ2) is 6.85. The standard InChI is InChI=1S/C16H15NO3S/c1-11(16(17)19)20-15(18)10-8-13-7-9-14(21-13)12-5-3-2-4-6-12/h2-11H,1H3,(H2,17,19)/b10-8-/t11-/m0/s1. The van der Waals surface area contributed by atoms with E-state index >= 15 is 0 Å². The Hall–Kier alpha value is -2.40. The minimum atomic E-state index is -0.926. The lowest BCUT2D eigenvalue weighted by molar-refractivity contribution is -0.148. The number of primary amides is 1. The molecule has 21 heavy (non-hydrogen) atoms. The molecular formula is C16H15NO3S. The maximum atomic E-state index is 11.5. The van der Waals surface area contributed by atoms with Gasteiger partial charge in [-0.1, -0.05) is 30.3 Å². The van der Waals surface area contributed by atoms with Gasteiger partial charge < -0.3 is 10.5 Å². The first-order chi connectivity index (χ1) is 10.1. The molecule has 2 rings (SSSR count). The predicted molar refractivity (Wildman–Crippen MR) is 83.5 cm³/mol. The lowest BCUT2D eigenvalue weighted by Crippen LogP contribution is -2.29. The van der Waals surface area contributed by atoms with Crippen LogP contribution in [0.2, 0.25) is 0 Å². The molecule has 0 bridgehead atoms. The van der Waals surface area contributed by atoms with E-state index in [2.05, 4.69) is 0 Å². The van der Waals surface area contributed by atoms with Crippen molar-refractivity contribution in [1.29, 1.82) is 0 Å². The van der Waals surface area contributed by atoms with Crippen LogP contribution in [0.15, 0.2) is 48.5 Å². The Bertz CT molecular complexity index is 661. The molecule has 1 atom stereocenters. The first-order valence-electron chi connectivity index (χ1n) is 6.39. The number of benzene rings is 1. The van der Waals surface area contributed by atoms with E-state index in [1.165, 1.54) is 13.0 Å². The summed E-state index contributed by atoms with van der Waals surface area (Å²) in [4.78, 5) is 24.3. The Balaban J connectivity index is 2.01. The van der Waals surface area contributed by atoms with E-state index in [4.69, 9.17) is 10.5 Å². The molecule has 1 aromatic heterocycles. The van der Waals surface area contributed by atoms with Crippen LogP contribution < -0.4 is 5.73 Å². The predicted octanol–water partition coefficient (Wildman–Crippen LogP) is 2.85. The molecule has 0 saturated carbocycles. The van der Waals surface area contributed by atoms with Gasteiger partial charge in [0.05, 0.1) is 0 Å². The third kappa shape index (κ3) is 4.29. The minimum absolute atomic E-state index is 0.587. The van der Waals surface area contributed by atoms with Crippen molar-refractivity contribution in [2.75, 3.05) is 0 Å². The summed E-state index contributed by atoms with van der Waals surface area (Å²) in [5.74, 6) is -1.25. The van der Waals surface area contributed by atoms with E-state index in [1.54, 1.807) is 17.4 Å². The lowest BCUT2D eigenvalue weighted by Gasteiger charge is -2.06. The summed E-state index contributed by atoms with van der Waals surface area (Å²) >= 11 is 1.57. The maximum Gasteiger partial charge on any atom is 0.331 e.